The second-order valence-electron chi connectivity index (χ2n) is 8.22. The Balaban J connectivity index is 1.78. The first-order chi connectivity index (χ1) is 19.4. The summed E-state index contributed by atoms with van der Waals surface area (Å²) in [5.74, 6) is -3.69. The predicted molar refractivity (Wildman–Crippen MR) is 148 cm³/mol. The molecule has 4 aromatic rings. The number of halogens is 2. The molecular weight excluding hydrogens is 601 g/mol. The number of sulfonamides is 1. The summed E-state index contributed by atoms with van der Waals surface area (Å²) < 4.78 is 32.4. The molecule has 0 saturated carbocycles. The van der Waals surface area contributed by atoms with Crippen molar-refractivity contribution in [2.75, 3.05) is 11.5 Å². The molecule has 0 aliphatic rings. The van der Waals surface area contributed by atoms with Gasteiger partial charge in [0, 0.05) is 11.8 Å². The molecule has 0 radical (unpaired) electrons. The molecule has 3 aromatic carbocycles. The van der Waals surface area contributed by atoms with Gasteiger partial charge in [0.1, 0.15) is 39.4 Å². The Morgan fingerprint density at radius 3 is 2.00 bits per heavy atom. The Morgan fingerprint density at radius 1 is 0.829 bits per heavy atom. The Labute approximate surface area is 242 Å². The molecule has 0 saturated heterocycles. The molecule has 0 aliphatic carbocycles. The molecule has 0 atom stereocenters. The van der Waals surface area contributed by atoms with Gasteiger partial charge in [0.05, 0.1) is 22.6 Å². The van der Waals surface area contributed by atoms with E-state index in [0.29, 0.717) is 0 Å². The summed E-state index contributed by atoms with van der Waals surface area (Å²) in [6.45, 7) is 0. The highest BCUT2D eigenvalue weighted by molar-refractivity contribution is 7.92. The van der Waals surface area contributed by atoms with Gasteiger partial charge in [-0.2, -0.15) is 12.8 Å². The number of hydrogen-bond donors (Lipinski definition) is 5. The maximum atomic E-state index is 13.8. The molecule has 5 N–H and O–H groups in total. The number of methoxy groups -OCH3 is 1. The average Bonchev–Trinajstić information content (AvgIpc) is 2.96. The zero-order valence-corrected chi connectivity index (χ0v) is 23.1. The van der Waals surface area contributed by atoms with E-state index in [4.69, 9.17) is 23.2 Å². The maximum Gasteiger partial charge on any atom is 0.356 e. The third kappa shape index (κ3) is 5.63. The Hall–Kier alpha value is -4.72. The third-order valence-corrected chi connectivity index (χ3v) is 8.06. The van der Waals surface area contributed by atoms with Crippen LogP contribution in [0.15, 0.2) is 71.8 Å². The van der Waals surface area contributed by atoms with E-state index in [0.717, 1.165) is 37.6 Å². The van der Waals surface area contributed by atoms with Crippen LogP contribution in [-0.2, 0) is 14.8 Å². The number of ether oxygens (including phenoxy) is 1. The number of hydrogen-bond acceptors (Lipinski definition) is 10. The van der Waals surface area contributed by atoms with Crippen molar-refractivity contribution in [2.45, 2.75) is 4.90 Å². The number of carbonyl (C=O) groups excluding carboxylic acids is 2. The number of anilines is 1. The number of hydrazine groups is 1. The van der Waals surface area contributed by atoms with E-state index in [1.807, 2.05) is 0 Å². The molecule has 0 aliphatic heterocycles. The van der Waals surface area contributed by atoms with Gasteiger partial charge in [0.25, 0.3) is 15.9 Å². The van der Waals surface area contributed by atoms with Gasteiger partial charge < -0.3 is 25.2 Å². The van der Waals surface area contributed by atoms with E-state index >= 15 is 0 Å². The number of esters is 1. The number of benzene rings is 3. The lowest BCUT2D eigenvalue weighted by Crippen LogP contribution is -2.46. The number of pyridine rings is 1. The first kappa shape index (κ1) is 29.3. The predicted octanol–water partition coefficient (Wildman–Crippen LogP) is 4.20. The fourth-order valence-electron chi connectivity index (χ4n) is 3.61. The minimum Gasteiger partial charge on any atom is -0.507 e. The first-order valence-corrected chi connectivity index (χ1v) is 13.5. The van der Waals surface area contributed by atoms with Gasteiger partial charge in [-0.3, -0.25) is 4.79 Å². The normalized spacial score (nSPS) is 11.1. The zero-order chi connectivity index (χ0) is 30.1. The van der Waals surface area contributed by atoms with Crippen LogP contribution >= 0.6 is 23.2 Å². The van der Waals surface area contributed by atoms with Crippen molar-refractivity contribution in [3.8, 4) is 34.1 Å². The van der Waals surface area contributed by atoms with Gasteiger partial charge >= 0.3 is 5.97 Å². The number of carbonyl (C=O) groups is 2. The van der Waals surface area contributed by atoms with Crippen LogP contribution in [0.4, 0.5) is 5.69 Å². The molecular formula is C26H19Cl2N3O9S. The van der Waals surface area contributed by atoms with Gasteiger partial charge in [0.15, 0.2) is 0 Å². The number of amides is 1. The van der Waals surface area contributed by atoms with Crippen molar-refractivity contribution < 1.29 is 43.2 Å². The van der Waals surface area contributed by atoms with Crippen LogP contribution in [-0.4, -0.2) is 52.8 Å². The number of aromatic nitrogens is 1. The molecule has 0 fully saturated rings. The lowest BCUT2D eigenvalue weighted by molar-refractivity contribution is 0.0593. The van der Waals surface area contributed by atoms with E-state index < -0.39 is 49.0 Å². The molecule has 1 aromatic heterocycles. The monoisotopic (exact) mass is 619 g/mol. The van der Waals surface area contributed by atoms with Crippen LogP contribution in [0, 0.1) is 0 Å². The van der Waals surface area contributed by atoms with Crippen molar-refractivity contribution in [2.24, 2.45) is 0 Å². The Morgan fingerprint density at radius 2 is 1.41 bits per heavy atom. The second kappa shape index (κ2) is 11.4. The number of nitrogens with one attached hydrogen (secondary N) is 1. The highest BCUT2D eigenvalue weighted by Gasteiger charge is 2.32. The van der Waals surface area contributed by atoms with E-state index in [9.17, 15) is 38.4 Å². The van der Waals surface area contributed by atoms with Gasteiger partial charge in [-0.25, -0.2) is 15.2 Å². The van der Waals surface area contributed by atoms with Crippen molar-refractivity contribution >= 4 is 50.8 Å². The lowest BCUT2D eigenvalue weighted by Gasteiger charge is -2.26. The molecule has 0 bridgehead atoms. The molecule has 1 amide bonds. The summed E-state index contributed by atoms with van der Waals surface area (Å²) in [4.78, 5) is 28.1. The molecule has 4 rings (SSSR count). The molecule has 212 valence electrons. The minimum absolute atomic E-state index is 0.0392. The zero-order valence-electron chi connectivity index (χ0n) is 20.7. The van der Waals surface area contributed by atoms with Crippen LogP contribution < -0.4 is 9.84 Å². The van der Waals surface area contributed by atoms with Crippen molar-refractivity contribution in [1.29, 1.82) is 0 Å². The SMILES string of the molecule is COC(=O)c1ccc(C(=O)NN(c2c(O)ccc(O)c2Cl)S(=O)(=O)c2ccc(-c3c(O)ccc(O)c3Cl)cc2)cn1. The number of aromatic hydroxyl groups is 4. The van der Waals surface area contributed by atoms with Crippen LogP contribution in [0.25, 0.3) is 11.1 Å². The number of phenols is 4. The molecule has 0 unspecified atom stereocenters. The van der Waals surface area contributed by atoms with E-state index in [1.54, 1.807) is 0 Å². The topological polar surface area (TPSA) is 187 Å². The summed E-state index contributed by atoms with van der Waals surface area (Å²) in [5.41, 5.74) is 1.45. The maximum absolute atomic E-state index is 13.8. The quantitative estimate of drug-likeness (QED) is 0.114. The highest BCUT2D eigenvalue weighted by Crippen LogP contribution is 2.43. The van der Waals surface area contributed by atoms with Crippen molar-refractivity contribution in [3.05, 3.63) is 88.2 Å². The Kier molecular flexibility index (Phi) is 8.14. The fourth-order valence-corrected chi connectivity index (χ4v) is 5.49. The van der Waals surface area contributed by atoms with Crippen LogP contribution in [0.2, 0.25) is 10.0 Å². The second-order valence-corrected chi connectivity index (χ2v) is 10.8. The van der Waals surface area contributed by atoms with Crippen molar-refractivity contribution in [1.82, 2.24) is 10.4 Å². The van der Waals surface area contributed by atoms with E-state index in [2.05, 4.69) is 15.1 Å². The van der Waals surface area contributed by atoms with Crippen LogP contribution in [0.5, 0.6) is 23.0 Å². The first-order valence-electron chi connectivity index (χ1n) is 11.3. The smallest absolute Gasteiger partial charge is 0.356 e. The summed E-state index contributed by atoms with van der Waals surface area (Å²) in [5, 5.41) is 40.0. The van der Waals surface area contributed by atoms with Gasteiger partial charge in [0.2, 0.25) is 0 Å². The van der Waals surface area contributed by atoms with Gasteiger partial charge in [-0.1, -0.05) is 35.3 Å². The van der Waals surface area contributed by atoms with Crippen molar-refractivity contribution in [3.63, 3.8) is 0 Å². The Bertz CT molecular complexity index is 1760. The van der Waals surface area contributed by atoms with Gasteiger partial charge in [-0.05, 0) is 54.1 Å². The highest BCUT2D eigenvalue weighted by atomic mass is 35.5. The number of phenolic OH excluding ortho intramolecular Hbond substituents is 4. The molecule has 41 heavy (non-hydrogen) atoms. The summed E-state index contributed by atoms with van der Waals surface area (Å²) >= 11 is 12.3. The van der Waals surface area contributed by atoms with E-state index in [1.165, 1.54) is 36.4 Å². The molecule has 1 heterocycles. The summed E-state index contributed by atoms with van der Waals surface area (Å²) in [6, 6.07) is 11.5. The minimum atomic E-state index is -4.77. The summed E-state index contributed by atoms with van der Waals surface area (Å²) in [6.07, 6.45) is 0.997. The standard InChI is InChI=1S/C26H19Cl2N3O9S/c1-40-26(37)16-7-4-14(12-29-16)25(36)30-31(24-20(35)11-10-19(34)23(24)28)41(38,39)15-5-2-13(3-6-15)21-17(32)8-9-18(33)22(21)27/h2-12,32-35H,1H3,(H,30,36). The largest absolute Gasteiger partial charge is 0.507 e. The fraction of sp³-hybridized carbons (Fsp3) is 0.0385. The number of rotatable bonds is 7. The van der Waals surface area contributed by atoms with Crippen LogP contribution in [0.3, 0.4) is 0 Å². The lowest BCUT2D eigenvalue weighted by atomic mass is 10.0. The molecule has 0 spiro atoms. The summed E-state index contributed by atoms with van der Waals surface area (Å²) in [7, 11) is -3.62. The third-order valence-electron chi connectivity index (χ3n) is 5.68. The number of nitrogens with zero attached hydrogens (tertiary/aromatic N) is 2. The molecule has 15 heteroatoms. The van der Waals surface area contributed by atoms with E-state index in [-0.39, 0.29) is 43.3 Å². The van der Waals surface area contributed by atoms with Crippen LogP contribution in [0.1, 0.15) is 20.8 Å². The average molecular weight is 620 g/mol. The molecule has 12 nitrogen and oxygen atoms in total. The van der Waals surface area contributed by atoms with Gasteiger partial charge in [-0.15, -0.1) is 0 Å².